The fourth-order valence-electron chi connectivity index (χ4n) is 1.82. The van der Waals surface area contributed by atoms with E-state index in [1.165, 1.54) is 11.3 Å². The van der Waals surface area contributed by atoms with Gasteiger partial charge < -0.3 is 0 Å². The number of aromatic nitrogens is 1. The second-order valence-corrected chi connectivity index (χ2v) is 3.93. The number of fused-ring (bicyclic) bond motifs is 1. The van der Waals surface area contributed by atoms with Crippen molar-refractivity contribution in [3.8, 4) is 0 Å². The van der Waals surface area contributed by atoms with Gasteiger partial charge >= 0.3 is 0 Å². The third-order valence-corrected chi connectivity index (χ3v) is 2.97. The first-order chi connectivity index (χ1) is 6.76. The molecule has 1 aliphatic rings. The molecule has 1 heterocycles. The maximum Gasteiger partial charge on any atom is 0.0572 e. The SMILES string of the molecule is CCC1(C)C=CC=Cc2cccnc21. The van der Waals surface area contributed by atoms with E-state index in [1.54, 1.807) is 0 Å². The quantitative estimate of drug-likeness (QED) is 0.654. The van der Waals surface area contributed by atoms with E-state index in [0.29, 0.717) is 0 Å². The fraction of sp³-hybridized carbons (Fsp3) is 0.308. The predicted octanol–water partition coefficient (Wildman–Crippen LogP) is 3.33. The molecule has 1 nitrogen and oxygen atoms in total. The Morgan fingerprint density at radius 2 is 2.21 bits per heavy atom. The summed E-state index contributed by atoms with van der Waals surface area (Å²) in [4.78, 5) is 4.50. The van der Waals surface area contributed by atoms with Crippen LogP contribution in [-0.2, 0) is 5.41 Å². The summed E-state index contributed by atoms with van der Waals surface area (Å²) in [6.07, 6.45) is 11.5. The minimum absolute atomic E-state index is 0.0834. The highest BCUT2D eigenvalue weighted by Gasteiger charge is 2.25. The average Bonchev–Trinajstić information content (AvgIpc) is 2.40. The Morgan fingerprint density at radius 1 is 1.36 bits per heavy atom. The van der Waals surface area contributed by atoms with Gasteiger partial charge in [0.25, 0.3) is 0 Å². The van der Waals surface area contributed by atoms with Gasteiger partial charge in [-0.15, -0.1) is 0 Å². The highest BCUT2D eigenvalue weighted by atomic mass is 14.7. The lowest BCUT2D eigenvalue weighted by atomic mass is 9.82. The molecule has 0 aromatic carbocycles. The molecular formula is C13H15N. The highest BCUT2D eigenvalue weighted by molar-refractivity contribution is 5.58. The molecule has 0 radical (unpaired) electrons. The topological polar surface area (TPSA) is 12.9 Å². The minimum atomic E-state index is 0.0834. The molecule has 0 spiro atoms. The van der Waals surface area contributed by atoms with Gasteiger partial charge in [-0.2, -0.15) is 0 Å². The van der Waals surface area contributed by atoms with Crippen LogP contribution in [0.25, 0.3) is 6.08 Å². The van der Waals surface area contributed by atoms with Crippen LogP contribution in [0.4, 0.5) is 0 Å². The lowest BCUT2D eigenvalue weighted by Gasteiger charge is -2.24. The van der Waals surface area contributed by atoms with Crippen LogP contribution in [0.1, 0.15) is 31.5 Å². The summed E-state index contributed by atoms with van der Waals surface area (Å²) in [7, 11) is 0. The molecule has 1 aliphatic carbocycles. The Hall–Kier alpha value is -1.37. The van der Waals surface area contributed by atoms with Gasteiger partial charge in [0.2, 0.25) is 0 Å². The van der Waals surface area contributed by atoms with Crippen molar-refractivity contribution in [3.63, 3.8) is 0 Å². The van der Waals surface area contributed by atoms with E-state index < -0.39 is 0 Å². The number of rotatable bonds is 1. The van der Waals surface area contributed by atoms with Crippen LogP contribution < -0.4 is 0 Å². The van der Waals surface area contributed by atoms with Gasteiger partial charge in [0.1, 0.15) is 0 Å². The van der Waals surface area contributed by atoms with Gasteiger partial charge in [0, 0.05) is 11.6 Å². The van der Waals surface area contributed by atoms with E-state index in [-0.39, 0.29) is 5.41 Å². The van der Waals surface area contributed by atoms with Crippen LogP contribution >= 0.6 is 0 Å². The van der Waals surface area contributed by atoms with E-state index in [9.17, 15) is 0 Å². The van der Waals surface area contributed by atoms with Gasteiger partial charge in [-0.3, -0.25) is 4.98 Å². The molecule has 1 unspecified atom stereocenters. The van der Waals surface area contributed by atoms with E-state index >= 15 is 0 Å². The molecule has 0 aliphatic heterocycles. The molecule has 1 aromatic rings. The number of nitrogens with zero attached hydrogens (tertiary/aromatic N) is 1. The zero-order chi connectivity index (χ0) is 10.0. The van der Waals surface area contributed by atoms with E-state index in [0.717, 1.165) is 6.42 Å². The smallest absolute Gasteiger partial charge is 0.0572 e. The molecule has 0 N–H and O–H groups in total. The zero-order valence-corrected chi connectivity index (χ0v) is 8.70. The Kier molecular flexibility index (Phi) is 2.24. The van der Waals surface area contributed by atoms with Crippen molar-refractivity contribution in [3.05, 3.63) is 47.8 Å². The lowest BCUT2D eigenvalue weighted by Crippen LogP contribution is -2.20. The summed E-state index contributed by atoms with van der Waals surface area (Å²) in [5.41, 5.74) is 2.51. The second-order valence-electron chi connectivity index (χ2n) is 3.93. The normalized spacial score (nSPS) is 24.4. The summed E-state index contributed by atoms with van der Waals surface area (Å²) >= 11 is 0. The Labute approximate surface area is 85.2 Å². The van der Waals surface area contributed by atoms with Crippen molar-refractivity contribution in [1.82, 2.24) is 4.98 Å². The predicted molar refractivity (Wildman–Crippen MR) is 60.1 cm³/mol. The average molecular weight is 185 g/mol. The van der Waals surface area contributed by atoms with E-state index in [1.807, 2.05) is 12.3 Å². The molecule has 0 bridgehead atoms. The second kappa shape index (κ2) is 3.41. The molecule has 0 fully saturated rings. The Bertz CT molecular complexity index is 390. The van der Waals surface area contributed by atoms with Crippen LogP contribution in [0, 0.1) is 0 Å². The maximum absolute atomic E-state index is 4.50. The van der Waals surface area contributed by atoms with Crippen molar-refractivity contribution in [2.75, 3.05) is 0 Å². The molecule has 0 saturated heterocycles. The van der Waals surface area contributed by atoms with Gasteiger partial charge in [0.05, 0.1) is 5.69 Å². The molecule has 72 valence electrons. The number of allylic oxidation sites excluding steroid dienone is 3. The standard InChI is InChI=1S/C13H15N/c1-3-13(2)9-5-4-7-11-8-6-10-14-12(11)13/h4-10H,3H2,1-2H3. The van der Waals surface area contributed by atoms with Crippen molar-refractivity contribution in [1.29, 1.82) is 0 Å². The fourth-order valence-corrected chi connectivity index (χ4v) is 1.82. The lowest BCUT2D eigenvalue weighted by molar-refractivity contribution is 0.553. The van der Waals surface area contributed by atoms with Crippen LogP contribution in [0.2, 0.25) is 0 Å². The number of hydrogen-bond acceptors (Lipinski definition) is 1. The van der Waals surface area contributed by atoms with E-state index in [4.69, 9.17) is 0 Å². The summed E-state index contributed by atoms with van der Waals surface area (Å²) < 4.78 is 0. The minimum Gasteiger partial charge on any atom is -0.260 e. The molecule has 1 aromatic heterocycles. The van der Waals surface area contributed by atoms with Crippen molar-refractivity contribution < 1.29 is 0 Å². The maximum atomic E-state index is 4.50. The largest absolute Gasteiger partial charge is 0.260 e. The molecule has 2 rings (SSSR count). The highest BCUT2D eigenvalue weighted by Crippen LogP contribution is 2.32. The summed E-state index contributed by atoms with van der Waals surface area (Å²) in [5, 5.41) is 0. The molecule has 1 atom stereocenters. The third-order valence-electron chi connectivity index (χ3n) is 2.97. The number of hydrogen-bond donors (Lipinski definition) is 0. The summed E-state index contributed by atoms with van der Waals surface area (Å²) in [6, 6.07) is 4.12. The van der Waals surface area contributed by atoms with E-state index in [2.05, 4.69) is 49.2 Å². The van der Waals surface area contributed by atoms with Gasteiger partial charge in [-0.05, 0) is 18.1 Å². The van der Waals surface area contributed by atoms with Crippen LogP contribution in [0.3, 0.4) is 0 Å². The monoisotopic (exact) mass is 185 g/mol. The third kappa shape index (κ3) is 1.39. The first-order valence-corrected chi connectivity index (χ1v) is 5.08. The summed E-state index contributed by atoms with van der Waals surface area (Å²) in [6.45, 7) is 4.44. The van der Waals surface area contributed by atoms with Crippen molar-refractivity contribution in [2.24, 2.45) is 0 Å². The van der Waals surface area contributed by atoms with Gasteiger partial charge in [-0.1, -0.05) is 44.2 Å². The first-order valence-electron chi connectivity index (χ1n) is 5.08. The molecular weight excluding hydrogens is 170 g/mol. The number of pyridine rings is 1. The molecule has 14 heavy (non-hydrogen) atoms. The van der Waals surface area contributed by atoms with Gasteiger partial charge in [0.15, 0.2) is 0 Å². The zero-order valence-electron chi connectivity index (χ0n) is 8.70. The Balaban J connectivity index is 2.61. The Morgan fingerprint density at radius 3 is 3.00 bits per heavy atom. The summed E-state index contributed by atoms with van der Waals surface area (Å²) in [5.74, 6) is 0. The van der Waals surface area contributed by atoms with Gasteiger partial charge in [-0.25, -0.2) is 0 Å². The molecule has 1 heteroatoms. The van der Waals surface area contributed by atoms with Crippen LogP contribution in [0.5, 0.6) is 0 Å². The van der Waals surface area contributed by atoms with Crippen molar-refractivity contribution >= 4 is 6.08 Å². The molecule has 0 saturated carbocycles. The molecule has 0 amide bonds. The van der Waals surface area contributed by atoms with Crippen molar-refractivity contribution in [2.45, 2.75) is 25.7 Å². The van der Waals surface area contributed by atoms with Crippen LogP contribution in [0.15, 0.2) is 36.6 Å². The van der Waals surface area contributed by atoms with Crippen LogP contribution in [-0.4, -0.2) is 4.98 Å². The first kappa shape index (κ1) is 9.20.